The van der Waals surface area contributed by atoms with Crippen molar-refractivity contribution in [2.45, 2.75) is 57.0 Å². The minimum Gasteiger partial charge on any atom is -0.350 e. The van der Waals surface area contributed by atoms with Gasteiger partial charge in [-0.1, -0.05) is 55.5 Å². The second-order valence-electron chi connectivity index (χ2n) is 10.3. The Kier molecular flexibility index (Phi) is 10.5. The van der Waals surface area contributed by atoms with Crippen LogP contribution in [0.4, 0.5) is 5.69 Å². The molecule has 0 aliphatic rings. The van der Waals surface area contributed by atoms with Crippen molar-refractivity contribution in [1.29, 1.82) is 0 Å². The van der Waals surface area contributed by atoms with Crippen LogP contribution in [0.15, 0.2) is 89.8 Å². The van der Waals surface area contributed by atoms with Crippen LogP contribution in [0.3, 0.4) is 0 Å². The lowest BCUT2D eigenvalue weighted by Gasteiger charge is -2.34. The summed E-state index contributed by atoms with van der Waals surface area (Å²) in [7, 11) is -4.06. The summed E-state index contributed by atoms with van der Waals surface area (Å²) in [6.07, 6.45) is 0.915. The maximum absolute atomic E-state index is 14.0. The molecule has 39 heavy (non-hydrogen) atoms. The van der Waals surface area contributed by atoms with Gasteiger partial charge in [-0.15, -0.1) is 0 Å². The maximum atomic E-state index is 14.0. The number of amides is 2. The van der Waals surface area contributed by atoms with Crippen LogP contribution in [0.5, 0.6) is 0 Å². The van der Waals surface area contributed by atoms with Crippen molar-refractivity contribution >= 4 is 50.1 Å². The number of nitrogens with zero attached hydrogens (tertiary/aromatic N) is 2. The van der Waals surface area contributed by atoms with E-state index in [-0.39, 0.29) is 17.3 Å². The van der Waals surface area contributed by atoms with E-state index in [1.807, 2.05) is 58.0 Å². The number of halogens is 1. The molecule has 0 aliphatic carbocycles. The number of hydrogen-bond donors (Lipinski definition) is 1. The Morgan fingerprint density at radius 3 is 2.00 bits per heavy atom. The van der Waals surface area contributed by atoms with E-state index in [0.29, 0.717) is 18.5 Å². The lowest BCUT2D eigenvalue weighted by atomic mass is 10.1. The highest BCUT2D eigenvalue weighted by Gasteiger charge is 2.34. The highest BCUT2D eigenvalue weighted by Crippen LogP contribution is 2.25. The van der Waals surface area contributed by atoms with Crippen LogP contribution in [0.25, 0.3) is 0 Å². The van der Waals surface area contributed by atoms with Crippen molar-refractivity contribution < 1.29 is 18.0 Å². The molecule has 3 rings (SSSR count). The number of nitrogens with one attached hydrogen (secondary N) is 1. The Labute approximate surface area is 245 Å². The third-order valence-corrected chi connectivity index (χ3v) is 8.60. The number of carbonyl (C=O) groups is 2. The van der Waals surface area contributed by atoms with Crippen LogP contribution < -0.4 is 9.62 Å². The second kappa shape index (κ2) is 13.4. The minimum atomic E-state index is -4.06. The first-order valence-electron chi connectivity index (χ1n) is 12.9. The second-order valence-corrected chi connectivity index (χ2v) is 13.4. The number of hydrogen-bond acceptors (Lipinski definition) is 4. The first kappa shape index (κ1) is 30.6. The van der Waals surface area contributed by atoms with Crippen LogP contribution in [-0.2, 0) is 26.0 Å². The SMILES string of the molecule is CC[C@H](C(=O)NC(C)(C)C)N(CCc1ccccc1)C(=O)CN(c1ccc(I)cc1)S(=O)(=O)c1ccccc1. The van der Waals surface area contributed by atoms with Gasteiger partial charge >= 0.3 is 0 Å². The predicted octanol–water partition coefficient (Wildman–Crippen LogP) is 5.25. The first-order chi connectivity index (χ1) is 18.4. The standard InChI is InChI=1S/C30H36IN3O4S/c1-5-27(29(36)32-30(2,3)4)33(21-20-23-12-8-6-9-13-23)28(35)22-34(25-18-16-24(31)17-19-25)39(37,38)26-14-10-7-11-15-26/h6-19,27H,5,20-22H2,1-4H3,(H,32,36)/t27-/m1/s1. The lowest BCUT2D eigenvalue weighted by Crippen LogP contribution is -2.56. The summed E-state index contributed by atoms with van der Waals surface area (Å²) < 4.78 is 29.6. The highest BCUT2D eigenvalue weighted by molar-refractivity contribution is 14.1. The molecule has 0 saturated heterocycles. The largest absolute Gasteiger partial charge is 0.350 e. The number of anilines is 1. The summed E-state index contributed by atoms with van der Waals surface area (Å²) in [5.74, 6) is -0.710. The summed E-state index contributed by atoms with van der Waals surface area (Å²) >= 11 is 2.15. The van der Waals surface area contributed by atoms with Crippen LogP contribution in [0.1, 0.15) is 39.7 Å². The molecular weight excluding hydrogens is 625 g/mol. The molecule has 0 unspecified atom stereocenters. The van der Waals surface area contributed by atoms with Gasteiger partial charge in [-0.05, 0) is 98.2 Å². The molecule has 7 nitrogen and oxygen atoms in total. The van der Waals surface area contributed by atoms with Crippen LogP contribution in [-0.4, -0.2) is 49.8 Å². The maximum Gasteiger partial charge on any atom is 0.264 e. The van der Waals surface area contributed by atoms with Gasteiger partial charge in [0.15, 0.2) is 0 Å². The summed E-state index contributed by atoms with van der Waals surface area (Å²) in [4.78, 5) is 28.9. The Bertz CT molecular complexity index is 1340. The van der Waals surface area contributed by atoms with Gasteiger partial charge in [-0.25, -0.2) is 8.42 Å². The number of carbonyl (C=O) groups excluding carboxylic acids is 2. The van der Waals surface area contributed by atoms with E-state index in [4.69, 9.17) is 0 Å². The fourth-order valence-corrected chi connectivity index (χ4v) is 6.00. The molecule has 1 N–H and O–H groups in total. The van der Waals surface area contributed by atoms with Crippen molar-refractivity contribution in [3.05, 3.63) is 94.1 Å². The summed E-state index contributed by atoms with van der Waals surface area (Å²) in [5, 5.41) is 2.99. The Balaban J connectivity index is 2.00. The Morgan fingerprint density at radius 1 is 0.897 bits per heavy atom. The molecule has 2 amide bonds. The minimum absolute atomic E-state index is 0.0877. The zero-order valence-electron chi connectivity index (χ0n) is 22.8. The van der Waals surface area contributed by atoms with Crippen LogP contribution in [0.2, 0.25) is 0 Å². The molecule has 0 saturated carbocycles. The Hall–Kier alpha value is -2.92. The van der Waals surface area contributed by atoms with Crippen LogP contribution in [0, 0.1) is 3.57 Å². The molecule has 1 atom stereocenters. The van der Waals surface area contributed by atoms with Gasteiger partial charge in [-0.2, -0.15) is 0 Å². The van der Waals surface area contributed by atoms with Gasteiger partial charge in [0, 0.05) is 15.7 Å². The first-order valence-corrected chi connectivity index (χ1v) is 15.4. The number of rotatable bonds is 11. The van der Waals surface area contributed by atoms with E-state index in [9.17, 15) is 18.0 Å². The van der Waals surface area contributed by atoms with Gasteiger partial charge < -0.3 is 10.2 Å². The van der Waals surface area contributed by atoms with Crippen molar-refractivity contribution in [2.75, 3.05) is 17.4 Å². The summed E-state index contributed by atoms with van der Waals surface area (Å²) in [6, 6.07) is 24.0. The third kappa shape index (κ3) is 8.53. The fraction of sp³-hybridized carbons (Fsp3) is 0.333. The van der Waals surface area contributed by atoms with Gasteiger partial charge in [0.25, 0.3) is 10.0 Å². The molecule has 9 heteroatoms. The molecule has 3 aromatic rings. The van der Waals surface area contributed by atoms with E-state index < -0.39 is 34.1 Å². The molecule has 208 valence electrons. The number of benzene rings is 3. The van der Waals surface area contributed by atoms with E-state index in [2.05, 4.69) is 27.9 Å². The molecule has 0 aliphatic heterocycles. The number of sulfonamides is 1. The molecule has 0 radical (unpaired) electrons. The molecule has 0 fully saturated rings. The zero-order valence-corrected chi connectivity index (χ0v) is 25.8. The fourth-order valence-electron chi connectivity index (χ4n) is 4.20. The smallest absolute Gasteiger partial charge is 0.264 e. The van der Waals surface area contributed by atoms with E-state index in [0.717, 1.165) is 13.4 Å². The van der Waals surface area contributed by atoms with Crippen molar-refractivity contribution in [2.24, 2.45) is 0 Å². The van der Waals surface area contributed by atoms with Gasteiger partial charge in [-0.3, -0.25) is 13.9 Å². The summed E-state index contributed by atoms with van der Waals surface area (Å²) in [5.41, 5.74) is 0.915. The zero-order chi connectivity index (χ0) is 28.6. The highest BCUT2D eigenvalue weighted by atomic mass is 127. The normalized spacial score (nSPS) is 12.4. The van der Waals surface area contributed by atoms with Gasteiger partial charge in [0.2, 0.25) is 11.8 Å². The van der Waals surface area contributed by atoms with Crippen molar-refractivity contribution in [1.82, 2.24) is 10.2 Å². The lowest BCUT2D eigenvalue weighted by molar-refractivity contribution is -0.140. The van der Waals surface area contributed by atoms with Crippen molar-refractivity contribution in [3.63, 3.8) is 0 Å². The van der Waals surface area contributed by atoms with Crippen LogP contribution >= 0.6 is 22.6 Å². The molecule has 0 bridgehead atoms. The molecule has 3 aromatic carbocycles. The molecular formula is C30H36IN3O4S. The topological polar surface area (TPSA) is 86.8 Å². The quantitative estimate of drug-likeness (QED) is 0.285. The monoisotopic (exact) mass is 661 g/mol. The average Bonchev–Trinajstić information content (AvgIpc) is 2.90. The van der Waals surface area contributed by atoms with Gasteiger partial charge in [0.1, 0.15) is 12.6 Å². The molecule has 0 spiro atoms. The average molecular weight is 662 g/mol. The van der Waals surface area contributed by atoms with E-state index in [1.165, 1.54) is 17.0 Å². The Morgan fingerprint density at radius 2 is 1.46 bits per heavy atom. The molecule has 0 aromatic heterocycles. The third-order valence-electron chi connectivity index (χ3n) is 6.09. The summed E-state index contributed by atoms with van der Waals surface area (Å²) in [6.45, 7) is 7.35. The van der Waals surface area contributed by atoms with E-state index >= 15 is 0 Å². The molecule has 0 heterocycles. The van der Waals surface area contributed by atoms with Gasteiger partial charge in [0.05, 0.1) is 10.6 Å². The van der Waals surface area contributed by atoms with Crippen molar-refractivity contribution in [3.8, 4) is 0 Å². The van der Waals surface area contributed by atoms with E-state index in [1.54, 1.807) is 42.5 Å². The predicted molar refractivity (Wildman–Crippen MR) is 164 cm³/mol.